The number of amides is 1. The molecule has 0 bridgehead atoms. The van der Waals surface area contributed by atoms with E-state index in [2.05, 4.69) is 15.9 Å². The number of aliphatic hydroxyl groups excluding tert-OH is 1. The molecule has 0 radical (unpaired) electrons. The fourth-order valence-electron chi connectivity index (χ4n) is 5.88. The molecule has 164 valence electrons. The van der Waals surface area contributed by atoms with Crippen LogP contribution in [0.5, 0.6) is 5.75 Å². The van der Waals surface area contributed by atoms with Gasteiger partial charge in [-0.1, -0.05) is 64.5 Å². The minimum Gasteiger partial charge on any atom is -0.478 e. The van der Waals surface area contributed by atoms with E-state index in [9.17, 15) is 15.0 Å². The lowest BCUT2D eigenvalue weighted by molar-refractivity contribution is -0.153. The Morgan fingerprint density at radius 2 is 1.72 bits per heavy atom. The number of halogens is 1. The molecule has 32 heavy (non-hydrogen) atoms. The van der Waals surface area contributed by atoms with Crippen molar-refractivity contribution in [2.45, 2.75) is 37.1 Å². The van der Waals surface area contributed by atoms with Crippen LogP contribution in [0.15, 0.2) is 71.2 Å². The summed E-state index contributed by atoms with van der Waals surface area (Å²) in [6.45, 7) is 3.84. The Bertz CT molecular complexity index is 1210. The van der Waals surface area contributed by atoms with Gasteiger partial charge < -0.3 is 20.7 Å². The molecule has 3 aromatic carbocycles. The molecule has 5 rings (SSSR count). The first kappa shape index (κ1) is 21.2. The number of aliphatic hydroxyl groups is 2. The van der Waals surface area contributed by atoms with Crippen molar-refractivity contribution in [1.82, 2.24) is 0 Å². The van der Waals surface area contributed by atoms with E-state index in [0.29, 0.717) is 16.9 Å². The Kier molecular flexibility index (Phi) is 4.75. The summed E-state index contributed by atoms with van der Waals surface area (Å²) in [5.74, 6) is -1.94. The fraction of sp³-hybridized carbons (Fsp3) is 0.269. The number of aryl methyl sites for hydroxylation is 2. The average Bonchev–Trinajstić information content (AvgIpc) is 3.12. The summed E-state index contributed by atoms with van der Waals surface area (Å²) in [6.07, 6.45) is -1.46. The second-order valence-electron chi connectivity index (χ2n) is 8.83. The van der Waals surface area contributed by atoms with Gasteiger partial charge in [-0.15, -0.1) is 0 Å². The summed E-state index contributed by atoms with van der Waals surface area (Å²) in [6, 6.07) is 20.6. The van der Waals surface area contributed by atoms with E-state index in [1.165, 1.54) is 0 Å². The fourth-order valence-corrected chi connectivity index (χ4v) is 6.14. The molecule has 1 saturated carbocycles. The van der Waals surface area contributed by atoms with Crippen LogP contribution in [0.1, 0.15) is 33.7 Å². The molecule has 5 atom stereocenters. The molecule has 1 heterocycles. The van der Waals surface area contributed by atoms with Crippen molar-refractivity contribution in [3.05, 3.63) is 99.0 Å². The molecule has 1 aliphatic carbocycles. The maximum Gasteiger partial charge on any atom is 0.224 e. The number of ether oxygens (including phenoxy) is 1. The first-order valence-electron chi connectivity index (χ1n) is 10.5. The Hall–Kier alpha value is -2.67. The zero-order valence-electron chi connectivity index (χ0n) is 17.7. The molecule has 3 aromatic rings. The Morgan fingerprint density at radius 3 is 2.34 bits per heavy atom. The molecule has 1 amide bonds. The molecule has 0 aromatic heterocycles. The van der Waals surface area contributed by atoms with Crippen LogP contribution in [0.4, 0.5) is 0 Å². The lowest BCUT2D eigenvalue weighted by Crippen LogP contribution is -2.52. The molecule has 1 fully saturated rings. The van der Waals surface area contributed by atoms with Crippen molar-refractivity contribution >= 4 is 21.8 Å². The van der Waals surface area contributed by atoms with Gasteiger partial charge in [0.1, 0.15) is 11.9 Å². The van der Waals surface area contributed by atoms with E-state index in [1.54, 1.807) is 0 Å². The molecular weight excluding hydrogens is 470 g/mol. The van der Waals surface area contributed by atoms with Crippen LogP contribution in [0.25, 0.3) is 0 Å². The third kappa shape index (κ3) is 2.60. The molecule has 4 N–H and O–H groups in total. The number of rotatable bonds is 3. The van der Waals surface area contributed by atoms with Gasteiger partial charge in [-0.3, -0.25) is 4.79 Å². The van der Waals surface area contributed by atoms with Crippen LogP contribution in [-0.4, -0.2) is 22.2 Å². The van der Waals surface area contributed by atoms with Gasteiger partial charge in [-0.05, 0) is 54.3 Å². The summed E-state index contributed by atoms with van der Waals surface area (Å²) in [5.41, 5.74) is 6.21. The summed E-state index contributed by atoms with van der Waals surface area (Å²) in [4.78, 5) is 12.7. The Balaban J connectivity index is 1.90. The van der Waals surface area contributed by atoms with Crippen LogP contribution >= 0.6 is 15.9 Å². The van der Waals surface area contributed by atoms with Crippen molar-refractivity contribution in [3.8, 4) is 5.75 Å². The van der Waals surface area contributed by atoms with Gasteiger partial charge in [0.05, 0.1) is 5.92 Å². The topological polar surface area (TPSA) is 92.8 Å². The summed E-state index contributed by atoms with van der Waals surface area (Å²) < 4.78 is 7.56. The van der Waals surface area contributed by atoms with E-state index in [4.69, 9.17) is 10.5 Å². The van der Waals surface area contributed by atoms with Gasteiger partial charge in [0.2, 0.25) is 5.91 Å². The highest BCUT2D eigenvalue weighted by Gasteiger charge is 2.77. The largest absolute Gasteiger partial charge is 0.478 e. The number of carbonyl (C=O) groups is 1. The Morgan fingerprint density at radius 1 is 1.06 bits per heavy atom. The van der Waals surface area contributed by atoms with Crippen molar-refractivity contribution in [2.24, 2.45) is 11.7 Å². The minimum atomic E-state index is -1.88. The van der Waals surface area contributed by atoms with Crippen molar-refractivity contribution in [3.63, 3.8) is 0 Å². The second kappa shape index (κ2) is 7.17. The lowest BCUT2D eigenvalue weighted by Gasteiger charge is -2.41. The molecular formula is C26H24BrNO4. The minimum absolute atomic E-state index is 0.503. The van der Waals surface area contributed by atoms with Gasteiger partial charge in [0, 0.05) is 16.0 Å². The molecule has 6 heteroatoms. The SMILES string of the molecule is Cc1cc(C)c2c(c1)O[C@@]1(c3ccc(Br)cc3)[C@H](c3ccccc3)[C@@H](C(N)=O)[C@@H](O)[C@@]21O. The standard InChI is InChI=1S/C26H24BrNO4/c1-14-12-15(2)21-19(13-14)32-26(17-8-10-18(27)11-9-17)22(16-6-4-3-5-7-16)20(24(28)30)23(29)25(21,26)31/h3-13,20,22-23,29,31H,1-2H3,(H2,28,30)/t20-,22-,23-,25+,26+/m1/s1. The number of nitrogens with two attached hydrogens (primary N) is 1. The molecule has 0 saturated heterocycles. The number of hydrogen-bond donors (Lipinski definition) is 3. The first-order valence-corrected chi connectivity index (χ1v) is 11.3. The van der Waals surface area contributed by atoms with Crippen LogP contribution in [-0.2, 0) is 16.0 Å². The highest BCUT2D eigenvalue weighted by atomic mass is 79.9. The van der Waals surface area contributed by atoms with E-state index < -0.39 is 35.0 Å². The van der Waals surface area contributed by atoms with E-state index in [-0.39, 0.29) is 0 Å². The van der Waals surface area contributed by atoms with E-state index in [0.717, 1.165) is 21.2 Å². The molecule has 1 aliphatic heterocycles. The maximum absolute atomic E-state index is 12.7. The van der Waals surface area contributed by atoms with Gasteiger partial charge in [-0.25, -0.2) is 0 Å². The second-order valence-corrected chi connectivity index (χ2v) is 9.74. The van der Waals surface area contributed by atoms with Crippen LogP contribution in [0.2, 0.25) is 0 Å². The molecule has 0 unspecified atom stereocenters. The summed E-state index contributed by atoms with van der Waals surface area (Å²) in [5, 5.41) is 24.1. The highest BCUT2D eigenvalue weighted by Crippen LogP contribution is 2.68. The third-order valence-electron chi connectivity index (χ3n) is 6.99. The normalized spacial score (nSPS) is 30.5. The van der Waals surface area contributed by atoms with Crippen molar-refractivity contribution in [1.29, 1.82) is 0 Å². The van der Waals surface area contributed by atoms with Crippen LogP contribution < -0.4 is 10.5 Å². The molecule has 5 nitrogen and oxygen atoms in total. The van der Waals surface area contributed by atoms with Crippen molar-refractivity contribution in [2.75, 3.05) is 0 Å². The predicted octanol–water partition coefficient (Wildman–Crippen LogP) is 3.80. The van der Waals surface area contributed by atoms with Crippen molar-refractivity contribution < 1.29 is 19.7 Å². The summed E-state index contributed by atoms with van der Waals surface area (Å²) >= 11 is 3.47. The maximum atomic E-state index is 12.7. The van der Waals surface area contributed by atoms with Gasteiger partial charge in [-0.2, -0.15) is 0 Å². The first-order chi connectivity index (χ1) is 15.2. The number of primary amides is 1. The number of carbonyl (C=O) groups excluding carboxylic acids is 1. The number of benzene rings is 3. The van der Waals surface area contributed by atoms with Gasteiger partial charge in [0.15, 0.2) is 11.2 Å². The quantitative estimate of drug-likeness (QED) is 0.517. The summed E-state index contributed by atoms with van der Waals surface area (Å²) in [7, 11) is 0. The van der Waals surface area contributed by atoms with Crippen LogP contribution in [0.3, 0.4) is 0 Å². The van der Waals surface area contributed by atoms with Gasteiger partial charge in [0.25, 0.3) is 0 Å². The van der Waals surface area contributed by atoms with Crippen LogP contribution in [0, 0.1) is 19.8 Å². The zero-order chi connectivity index (χ0) is 22.8. The average molecular weight is 494 g/mol. The predicted molar refractivity (Wildman–Crippen MR) is 124 cm³/mol. The molecule has 2 aliphatic rings. The Labute approximate surface area is 195 Å². The molecule has 0 spiro atoms. The lowest BCUT2D eigenvalue weighted by atomic mass is 9.70. The highest BCUT2D eigenvalue weighted by molar-refractivity contribution is 9.10. The van der Waals surface area contributed by atoms with E-state index in [1.807, 2.05) is 80.6 Å². The smallest absolute Gasteiger partial charge is 0.224 e. The van der Waals surface area contributed by atoms with E-state index >= 15 is 0 Å². The monoisotopic (exact) mass is 493 g/mol. The number of hydrogen-bond acceptors (Lipinski definition) is 4. The number of fused-ring (bicyclic) bond motifs is 3. The third-order valence-corrected chi connectivity index (χ3v) is 7.52. The van der Waals surface area contributed by atoms with Gasteiger partial charge >= 0.3 is 0 Å². The zero-order valence-corrected chi connectivity index (χ0v) is 19.3.